The molecule has 6 nitrogen and oxygen atoms in total. The molecule has 1 saturated heterocycles. The van der Waals surface area contributed by atoms with Gasteiger partial charge in [-0.05, 0) is 37.3 Å². The first-order valence-electron chi connectivity index (χ1n) is 10.6. The van der Waals surface area contributed by atoms with E-state index in [-0.39, 0.29) is 28.2 Å². The van der Waals surface area contributed by atoms with Crippen molar-refractivity contribution in [3.63, 3.8) is 0 Å². The number of halogens is 1. The van der Waals surface area contributed by atoms with Crippen molar-refractivity contribution < 1.29 is 19.2 Å². The summed E-state index contributed by atoms with van der Waals surface area (Å²) in [6.45, 7) is 1.47. The molecule has 3 amide bonds. The molecule has 1 heterocycles. The van der Waals surface area contributed by atoms with E-state index in [0.717, 1.165) is 22.0 Å². The van der Waals surface area contributed by atoms with Crippen LogP contribution in [0.2, 0.25) is 5.02 Å². The molecule has 7 heteroatoms. The van der Waals surface area contributed by atoms with Crippen LogP contribution in [0.4, 0.5) is 0 Å². The van der Waals surface area contributed by atoms with Gasteiger partial charge in [0.1, 0.15) is 6.54 Å². The second-order valence-corrected chi connectivity index (χ2v) is 9.03. The number of allylic oxidation sites excluding steroid dienone is 2. The average Bonchev–Trinajstić information content (AvgIpc) is 3.46. The van der Waals surface area contributed by atoms with Crippen LogP contribution >= 0.6 is 11.6 Å². The topological polar surface area (TPSA) is 74.8 Å². The number of hydrogen-bond acceptors (Lipinski definition) is 4. The minimum Gasteiger partial charge on any atom is -0.292 e. The number of benzene rings is 2. The van der Waals surface area contributed by atoms with Crippen LogP contribution in [0.3, 0.4) is 0 Å². The highest BCUT2D eigenvalue weighted by Gasteiger charge is 2.61. The molecule has 0 spiro atoms. The first-order valence-corrected chi connectivity index (χ1v) is 11.0. The zero-order valence-corrected chi connectivity index (χ0v) is 18.2. The fraction of sp³-hybridized carbons (Fsp3) is 0.280. The Morgan fingerprint density at radius 1 is 0.969 bits per heavy atom. The zero-order chi connectivity index (χ0) is 22.6. The van der Waals surface area contributed by atoms with E-state index >= 15 is 0 Å². The van der Waals surface area contributed by atoms with Crippen LogP contribution in [0, 0.1) is 30.6 Å². The Morgan fingerprint density at radius 3 is 2.16 bits per heavy atom. The van der Waals surface area contributed by atoms with Gasteiger partial charge in [0.25, 0.3) is 17.7 Å². The van der Waals surface area contributed by atoms with E-state index in [1.807, 2.05) is 19.1 Å². The van der Waals surface area contributed by atoms with E-state index in [1.54, 1.807) is 42.5 Å². The minimum absolute atomic E-state index is 0.00323. The SMILES string of the molecule is Cc1ccc(C(=O)CN(C(=O)c2ccccc2Cl)N2C(=O)[C@@H]3[C@H](C2=O)[C@H]2C=C[C@H]3C2)cc1. The second kappa shape index (κ2) is 7.71. The molecule has 4 atom stereocenters. The molecule has 32 heavy (non-hydrogen) atoms. The van der Waals surface area contributed by atoms with E-state index in [2.05, 4.69) is 0 Å². The van der Waals surface area contributed by atoms with Crippen molar-refractivity contribution in [3.8, 4) is 0 Å². The van der Waals surface area contributed by atoms with Gasteiger partial charge in [0.15, 0.2) is 5.78 Å². The predicted octanol–water partition coefficient (Wildman–Crippen LogP) is 3.70. The number of imide groups is 1. The number of ketones is 1. The highest BCUT2D eigenvalue weighted by Crippen LogP contribution is 2.52. The third-order valence-corrected chi connectivity index (χ3v) is 7.02. The summed E-state index contributed by atoms with van der Waals surface area (Å²) in [5.41, 5.74) is 1.52. The number of hydrazine groups is 1. The number of rotatable bonds is 5. The van der Waals surface area contributed by atoms with Crippen molar-refractivity contribution in [2.24, 2.45) is 23.7 Å². The molecule has 1 aliphatic heterocycles. The van der Waals surface area contributed by atoms with Crippen LogP contribution in [-0.2, 0) is 9.59 Å². The smallest absolute Gasteiger partial charge is 0.274 e. The highest BCUT2D eigenvalue weighted by atomic mass is 35.5. The van der Waals surface area contributed by atoms with Gasteiger partial charge in [-0.2, -0.15) is 5.01 Å². The lowest BCUT2D eigenvalue weighted by Gasteiger charge is -2.31. The molecule has 0 N–H and O–H groups in total. The summed E-state index contributed by atoms with van der Waals surface area (Å²) >= 11 is 6.23. The van der Waals surface area contributed by atoms with Gasteiger partial charge in [-0.25, -0.2) is 5.01 Å². The zero-order valence-electron chi connectivity index (χ0n) is 17.4. The third kappa shape index (κ3) is 3.17. The van der Waals surface area contributed by atoms with Crippen LogP contribution < -0.4 is 0 Å². The molecule has 0 aromatic heterocycles. The maximum absolute atomic E-state index is 13.5. The van der Waals surface area contributed by atoms with Crippen LogP contribution in [-0.4, -0.2) is 40.1 Å². The van der Waals surface area contributed by atoms with Gasteiger partial charge in [-0.1, -0.05) is 65.7 Å². The standard InChI is InChI=1S/C25H21ClN2O4/c1-14-6-8-15(9-7-14)20(29)13-27(23(30)18-4-2-3-5-19(18)26)28-24(31)21-16-10-11-17(12-16)22(21)25(28)32/h2-11,16-17,21-22H,12-13H2,1H3/t16-,17-,21-,22+/m0/s1. The Balaban J connectivity index is 1.51. The van der Waals surface area contributed by atoms with Gasteiger partial charge in [0.2, 0.25) is 0 Å². The molecule has 162 valence electrons. The number of amides is 3. The van der Waals surface area contributed by atoms with E-state index in [1.165, 1.54) is 6.07 Å². The number of carbonyl (C=O) groups excluding carboxylic acids is 4. The molecule has 0 radical (unpaired) electrons. The molecule has 2 aliphatic carbocycles. The quantitative estimate of drug-likeness (QED) is 0.397. The predicted molar refractivity (Wildman–Crippen MR) is 118 cm³/mol. The fourth-order valence-corrected chi connectivity index (χ4v) is 5.31. The number of fused-ring (bicyclic) bond motifs is 5. The van der Waals surface area contributed by atoms with Gasteiger partial charge < -0.3 is 0 Å². The third-order valence-electron chi connectivity index (χ3n) is 6.69. The average molecular weight is 449 g/mol. The van der Waals surface area contributed by atoms with Crippen LogP contribution in [0.25, 0.3) is 0 Å². The largest absolute Gasteiger partial charge is 0.292 e. The molecule has 5 rings (SSSR count). The van der Waals surface area contributed by atoms with Crippen LogP contribution in [0.15, 0.2) is 60.7 Å². The Morgan fingerprint density at radius 2 is 1.56 bits per heavy atom. The fourth-order valence-electron chi connectivity index (χ4n) is 5.10. The first kappa shape index (κ1) is 20.6. The maximum Gasteiger partial charge on any atom is 0.274 e. The molecule has 2 aromatic rings. The summed E-state index contributed by atoms with van der Waals surface area (Å²) in [6, 6.07) is 13.3. The molecular weight excluding hydrogens is 428 g/mol. The second-order valence-electron chi connectivity index (χ2n) is 8.62. The Bertz CT molecular complexity index is 1140. The molecule has 0 unspecified atom stereocenters. The van der Waals surface area contributed by atoms with Crippen molar-refractivity contribution in [2.45, 2.75) is 13.3 Å². The van der Waals surface area contributed by atoms with Crippen LogP contribution in [0.5, 0.6) is 0 Å². The van der Waals surface area contributed by atoms with Gasteiger partial charge >= 0.3 is 0 Å². The minimum atomic E-state index is -0.655. The lowest BCUT2D eigenvalue weighted by Crippen LogP contribution is -2.52. The number of nitrogens with zero attached hydrogens (tertiary/aromatic N) is 2. The molecule has 3 aliphatic rings. The Kier molecular flexibility index (Phi) is 4.97. The van der Waals surface area contributed by atoms with Gasteiger partial charge in [-0.3, -0.25) is 19.2 Å². The lowest BCUT2D eigenvalue weighted by atomic mass is 9.85. The first-order chi connectivity index (χ1) is 15.4. The molecule has 2 fully saturated rings. The summed E-state index contributed by atoms with van der Waals surface area (Å²) in [5, 5.41) is 2.07. The lowest BCUT2D eigenvalue weighted by molar-refractivity contribution is -0.154. The highest BCUT2D eigenvalue weighted by molar-refractivity contribution is 6.34. The number of carbonyl (C=O) groups is 4. The molecular formula is C25H21ClN2O4. The van der Waals surface area contributed by atoms with Gasteiger partial charge in [0, 0.05) is 5.56 Å². The van der Waals surface area contributed by atoms with Crippen LogP contribution in [0.1, 0.15) is 32.7 Å². The number of hydrogen-bond donors (Lipinski definition) is 0. The molecule has 2 aromatic carbocycles. The van der Waals surface area contributed by atoms with Crippen molar-refractivity contribution >= 4 is 35.1 Å². The number of aryl methyl sites for hydroxylation is 1. The van der Waals surface area contributed by atoms with Gasteiger partial charge in [-0.15, -0.1) is 0 Å². The van der Waals surface area contributed by atoms with E-state index in [9.17, 15) is 19.2 Å². The summed E-state index contributed by atoms with van der Waals surface area (Å²) in [5.74, 6) is -2.83. The molecule has 2 bridgehead atoms. The summed E-state index contributed by atoms with van der Waals surface area (Å²) in [4.78, 5) is 53.2. The van der Waals surface area contributed by atoms with Gasteiger partial charge in [0.05, 0.1) is 22.4 Å². The van der Waals surface area contributed by atoms with Crippen molar-refractivity contribution in [1.82, 2.24) is 10.0 Å². The molecule has 1 saturated carbocycles. The van der Waals surface area contributed by atoms with E-state index < -0.39 is 36.1 Å². The number of Topliss-reactive ketones (excluding diaryl/α,β-unsaturated/α-hetero) is 1. The van der Waals surface area contributed by atoms with Crippen molar-refractivity contribution in [1.29, 1.82) is 0 Å². The monoisotopic (exact) mass is 448 g/mol. The summed E-state index contributed by atoms with van der Waals surface area (Å²) in [7, 11) is 0. The Labute approximate surface area is 190 Å². The van der Waals surface area contributed by atoms with Crippen molar-refractivity contribution in [2.75, 3.05) is 6.54 Å². The summed E-state index contributed by atoms with van der Waals surface area (Å²) in [6.07, 6.45) is 4.75. The maximum atomic E-state index is 13.5. The normalized spacial score (nSPS) is 25.4. The van der Waals surface area contributed by atoms with E-state index in [4.69, 9.17) is 11.6 Å². The van der Waals surface area contributed by atoms with E-state index in [0.29, 0.717) is 5.56 Å². The Hall–Kier alpha value is -3.25. The summed E-state index contributed by atoms with van der Waals surface area (Å²) < 4.78 is 0. The van der Waals surface area contributed by atoms with Crippen molar-refractivity contribution in [3.05, 3.63) is 82.4 Å².